The van der Waals surface area contributed by atoms with Crippen molar-refractivity contribution in [1.29, 1.82) is 0 Å². The Hall–Kier alpha value is -1.29. The van der Waals surface area contributed by atoms with Crippen molar-refractivity contribution in [2.24, 2.45) is 29.1 Å². The van der Waals surface area contributed by atoms with Gasteiger partial charge >= 0.3 is 0 Å². The van der Waals surface area contributed by atoms with Crippen LogP contribution in [0.4, 0.5) is 0 Å². The summed E-state index contributed by atoms with van der Waals surface area (Å²) in [7, 11) is 0. The van der Waals surface area contributed by atoms with Crippen LogP contribution in [0.2, 0.25) is 0 Å². The molecule has 0 aliphatic heterocycles. The fourth-order valence-corrected chi connectivity index (χ4v) is 6.13. The van der Waals surface area contributed by atoms with Crippen LogP contribution in [-0.2, 0) is 4.79 Å². The van der Waals surface area contributed by atoms with E-state index in [0.717, 1.165) is 37.0 Å². The molecule has 0 amide bonds. The minimum Gasteiger partial charge on any atom is -0.295 e. The molecule has 0 aromatic carbocycles. The minimum atomic E-state index is 0.328. The van der Waals surface area contributed by atoms with Crippen LogP contribution in [0.25, 0.3) is 0 Å². The van der Waals surface area contributed by atoms with E-state index in [0.29, 0.717) is 17.1 Å². The molecule has 1 nitrogen and oxygen atoms in total. The zero-order valence-electron chi connectivity index (χ0n) is 14.5. The van der Waals surface area contributed by atoms with Crippen molar-refractivity contribution >= 4 is 5.78 Å². The minimum absolute atomic E-state index is 0.328. The van der Waals surface area contributed by atoms with Crippen LogP contribution >= 0.6 is 0 Å². The van der Waals surface area contributed by atoms with Crippen LogP contribution < -0.4 is 0 Å². The number of carbonyl (C=O) groups is 1. The number of rotatable bonds is 0. The fourth-order valence-electron chi connectivity index (χ4n) is 6.13. The van der Waals surface area contributed by atoms with E-state index in [1.165, 1.54) is 43.3 Å². The molecule has 4 aliphatic rings. The third-order valence-corrected chi connectivity index (χ3v) is 7.28. The maximum absolute atomic E-state index is 11.8. The van der Waals surface area contributed by atoms with Crippen molar-refractivity contribution in [1.82, 2.24) is 0 Å². The molecule has 2 saturated carbocycles. The fraction of sp³-hybridized carbons (Fsp3) is 0.682. The lowest BCUT2D eigenvalue weighted by atomic mass is 9.51. The van der Waals surface area contributed by atoms with Crippen LogP contribution in [0.15, 0.2) is 23.3 Å². The van der Waals surface area contributed by atoms with Gasteiger partial charge in [0.1, 0.15) is 0 Å². The molecular formula is C22H28O. The number of allylic oxidation sites excluding steroid dienone is 4. The van der Waals surface area contributed by atoms with Gasteiger partial charge in [0, 0.05) is 23.8 Å². The lowest BCUT2D eigenvalue weighted by molar-refractivity contribution is -0.115. The molecule has 0 radical (unpaired) electrons. The van der Waals surface area contributed by atoms with Crippen molar-refractivity contribution in [3.05, 3.63) is 23.3 Å². The highest BCUT2D eigenvalue weighted by Crippen LogP contribution is 2.61. The highest BCUT2D eigenvalue weighted by atomic mass is 16.1. The zero-order chi connectivity index (χ0) is 16.0. The Bertz CT molecular complexity index is 641. The third-order valence-electron chi connectivity index (χ3n) is 7.28. The van der Waals surface area contributed by atoms with E-state index >= 15 is 0 Å². The monoisotopic (exact) mass is 308 g/mol. The molecular weight excluding hydrogens is 280 g/mol. The summed E-state index contributed by atoms with van der Waals surface area (Å²) in [5.74, 6) is 10.3. The van der Waals surface area contributed by atoms with Crippen molar-refractivity contribution in [3.63, 3.8) is 0 Å². The second-order valence-electron chi connectivity index (χ2n) is 8.27. The van der Waals surface area contributed by atoms with Crippen LogP contribution in [0.5, 0.6) is 0 Å². The number of hydrogen-bond donors (Lipinski definition) is 0. The van der Waals surface area contributed by atoms with Crippen molar-refractivity contribution in [2.75, 3.05) is 0 Å². The largest absolute Gasteiger partial charge is 0.295 e. The van der Waals surface area contributed by atoms with Gasteiger partial charge in [0.15, 0.2) is 5.78 Å². The highest BCUT2D eigenvalue weighted by molar-refractivity contribution is 5.91. The summed E-state index contributed by atoms with van der Waals surface area (Å²) < 4.78 is 0. The number of ketones is 1. The van der Waals surface area contributed by atoms with Crippen molar-refractivity contribution < 1.29 is 4.79 Å². The van der Waals surface area contributed by atoms with E-state index < -0.39 is 0 Å². The Morgan fingerprint density at radius 1 is 1.22 bits per heavy atom. The molecule has 0 bridgehead atoms. The second kappa shape index (κ2) is 5.66. The SMILES string of the molecule is CCC#CC1=CCC2C3CCC4=CC(=O)CC[C@@H]4C3CC[C@]12C. The lowest BCUT2D eigenvalue weighted by Gasteiger charge is -2.53. The number of fused-ring (bicyclic) bond motifs is 5. The van der Waals surface area contributed by atoms with E-state index in [4.69, 9.17) is 0 Å². The topological polar surface area (TPSA) is 17.1 Å². The molecule has 3 unspecified atom stereocenters. The molecule has 2 fully saturated rings. The molecule has 4 aliphatic carbocycles. The molecule has 5 atom stereocenters. The molecule has 0 N–H and O–H groups in total. The summed E-state index contributed by atoms with van der Waals surface area (Å²) in [6.07, 6.45) is 13.6. The third kappa shape index (κ3) is 2.34. The Kier molecular flexibility index (Phi) is 3.75. The first-order chi connectivity index (χ1) is 11.1. The summed E-state index contributed by atoms with van der Waals surface area (Å²) in [4.78, 5) is 11.8. The van der Waals surface area contributed by atoms with E-state index in [9.17, 15) is 4.79 Å². The Morgan fingerprint density at radius 2 is 2.09 bits per heavy atom. The maximum atomic E-state index is 11.8. The number of hydrogen-bond acceptors (Lipinski definition) is 1. The van der Waals surface area contributed by atoms with Gasteiger partial charge < -0.3 is 0 Å². The van der Waals surface area contributed by atoms with Crippen molar-refractivity contribution in [3.8, 4) is 11.8 Å². The van der Waals surface area contributed by atoms with E-state index in [1.807, 2.05) is 6.08 Å². The molecule has 0 aromatic rings. The summed E-state index contributed by atoms with van der Waals surface area (Å²) in [6, 6.07) is 0. The molecule has 23 heavy (non-hydrogen) atoms. The predicted octanol–water partition coefficient (Wildman–Crippen LogP) is 5.08. The second-order valence-corrected chi connectivity index (χ2v) is 8.27. The highest BCUT2D eigenvalue weighted by Gasteiger charge is 2.53. The van der Waals surface area contributed by atoms with Crippen LogP contribution in [0.3, 0.4) is 0 Å². The van der Waals surface area contributed by atoms with Crippen LogP contribution in [0, 0.1) is 40.9 Å². The van der Waals surface area contributed by atoms with Crippen LogP contribution in [0.1, 0.15) is 65.2 Å². The zero-order valence-corrected chi connectivity index (χ0v) is 14.5. The van der Waals surface area contributed by atoms with Gasteiger partial charge in [-0.3, -0.25) is 4.79 Å². The quantitative estimate of drug-likeness (QED) is 0.570. The molecule has 122 valence electrons. The molecule has 0 saturated heterocycles. The van der Waals surface area contributed by atoms with E-state index in [2.05, 4.69) is 31.8 Å². The molecule has 0 heterocycles. The van der Waals surface area contributed by atoms with Gasteiger partial charge in [-0.1, -0.05) is 37.3 Å². The van der Waals surface area contributed by atoms with Crippen molar-refractivity contribution in [2.45, 2.75) is 65.2 Å². The Morgan fingerprint density at radius 3 is 2.91 bits per heavy atom. The molecule has 0 aromatic heterocycles. The first kappa shape index (κ1) is 15.3. The maximum Gasteiger partial charge on any atom is 0.155 e. The van der Waals surface area contributed by atoms with E-state index in [-0.39, 0.29) is 0 Å². The van der Waals surface area contributed by atoms with Gasteiger partial charge in [-0.2, -0.15) is 0 Å². The summed E-state index contributed by atoms with van der Waals surface area (Å²) in [5, 5.41) is 0. The molecule has 1 heteroatoms. The van der Waals surface area contributed by atoms with E-state index in [1.54, 1.807) is 0 Å². The van der Waals surface area contributed by atoms with Gasteiger partial charge in [0.2, 0.25) is 0 Å². The molecule has 0 spiro atoms. The van der Waals surface area contributed by atoms with Crippen LogP contribution in [-0.4, -0.2) is 5.78 Å². The Balaban J connectivity index is 1.59. The first-order valence-electron chi connectivity index (χ1n) is 9.56. The molecule has 4 rings (SSSR count). The van der Waals surface area contributed by atoms with Gasteiger partial charge in [0.25, 0.3) is 0 Å². The average molecular weight is 308 g/mol. The summed E-state index contributed by atoms with van der Waals surface area (Å²) in [6.45, 7) is 4.62. The predicted molar refractivity (Wildman–Crippen MR) is 93.6 cm³/mol. The smallest absolute Gasteiger partial charge is 0.155 e. The van der Waals surface area contributed by atoms with Gasteiger partial charge in [-0.15, -0.1) is 0 Å². The van der Waals surface area contributed by atoms with Gasteiger partial charge in [-0.25, -0.2) is 0 Å². The normalized spacial score (nSPS) is 41.7. The van der Waals surface area contributed by atoms with Gasteiger partial charge in [0.05, 0.1) is 0 Å². The summed E-state index contributed by atoms with van der Waals surface area (Å²) in [5.41, 5.74) is 3.25. The Labute approximate surface area is 140 Å². The average Bonchev–Trinajstić information content (AvgIpc) is 2.89. The number of carbonyl (C=O) groups excluding carboxylic acids is 1. The lowest BCUT2D eigenvalue weighted by Crippen LogP contribution is -2.45. The summed E-state index contributed by atoms with van der Waals surface area (Å²) >= 11 is 0. The first-order valence-corrected chi connectivity index (χ1v) is 9.56. The van der Waals surface area contributed by atoms with Gasteiger partial charge in [-0.05, 0) is 68.3 Å². The standard InChI is InChI=1S/C22H28O/c1-3-4-5-16-7-11-21-20-9-6-15-14-17(23)8-10-18(15)19(20)12-13-22(16,21)2/h7,14,18-21H,3,6,8-13H2,1-2H3/t18-,19?,20?,21?,22+/m0/s1.